The van der Waals surface area contributed by atoms with Crippen molar-refractivity contribution in [2.24, 2.45) is 10.9 Å². The molecule has 0 bridgehead atoms. The van der Waals surface area contributed by atoms with E-state index in [4.69, 9.17) is 4.74 Å². The average molecular weight is 336 g/mol. The summed E-state index contributed by atoms with van der Waals surface area (Å²) in [4.78, 5) is 8.71. The molecule has 1 heterocycles. The second-order valence-corrected chi connectivity index (χ2v) is 6.40. The number of benzene rings is 1. The molecule has 5 nitrogen and oxygen atoms in total. The molecule has 1 aliphatic heterocycles. The van der Waals surface area contributed by atoms with E-state index in [0.717, 1.165) is 19.0 Å². The lowest BCUT2D eigenvalue weighted by Gasteiger charge is -2.31. The van der Waals surface area contributed by atoms with Crippen molar-refractivity contribution in [2.45, 2.75) is 12.8 Å². The zero-order chi connectivity index (χ0) is 17.4. The first-order chi connectivity index (χ1) is 11.6. The minimum absolute atomic E-state index is 0.291. The van der Waals surface area contributed by atoms with Gasteiger partial charge in [0.15, 0.2) is 17.5 Å². The van der Waals surface area contributed by atoms with Crippen LogP contribution in [-0.4, -0.2) is 69.7 Å². The van der Waals surface area contributed by atoms with Gasteiger partial charge in [0.05, 0.1) is 6.54 Å². The van der Waals surface area contributed by atoms with Gasteiger partial charge in [-0.3, -0.25) is 4.99 Å². The highest BCUT2D eigenvalue weighted by atomic mass is 19.1. The van der Waals surface area contributed by atoms with Crippen LogP contribution in [-0.2, 0) is 0 Å². The molecule has 0 amide bonds. The standard InChI is InChI=1S/C18H29FN4O/c1-20-18(21-13-15-7-6-10-22(2)14-15)23(3)11-12-24-17-9-5-4-8-16(17)19/h4-5,8-9,15H,6-7,10-14H2,1-3H3,(H,20,21). The van der Waals surface area contributed by atoms with E-state index in [0.29, 0.717) is 24.8 Å². The fourth-order valence-corrected chi connectivity index (χ4v) is 3.02. The molecule has 0 aromatic heterocycles. The normalized spacial score (nSPS) is 19.2. The number of hydrogen-bond acceptors (Lipinski definition) is 3. The Morgan fingerprint density at radius 1 is 1.46 bits per heavy atom. The first-order valence-electron chi connectivity index (χ1n) is 8.57. The number of rotatable bonds is 6. The Kier molecular flexibility index (Phi) is 7.31. The van der Waals surface area contributed by atoms with Crippen molar-refractivity contribution in [3.05, 3.63) is 30.1 Å². The fraction of sp³-hybridized carbons (Fsp3) is 0.611. The molecule has 0 aliphatic carbocycles. The SMILES string of the molecule is CN=C(NCC1CCCN(C)C1)N(C)CCOc1ccccc1F. The monoisotopic (exact) mass is 336 g/mol. The third kappa shape index (κ3) is 5.67. The summed E-state index contributed by atoms with van der Waals surface area (Å²) in [5, 5.41) is 3.44. The Bertz CT molecular complexity index is 538. The van der Waals surface area contributed by atoms with Crippen LogP contribution < -0.4 is 10.1 Å². The van der Waals surface area contributed by atoms with Crippen molar-refractivity contribution in [3.8, 4) is 5.75 Å². The Morgan fingerprint density at radius 2 is 2.25 bits per heavy atom. The highest BCUT2D eigenvalue weighted by molar-refractivity contribution is 5.79. The van der Waals surface area contributed by atoms with Gasteiger partial charge in [0, 0.05) is 27.2 Å². The van der Waals surface area contributed by atoms with Gasteiger partial charge >= 0.3 is 0 Å². The second-order valence-electron chi connectivity index (χ2n) is 6.40. The van der Waals surface area contributed by atoms with E-state index in [2.05, 4.69) is 22.3 Å². The largest absolute Gasteiger partial charge is 0.489 e. The van der Waals surface area contributed by atoms with E-state index < -0.39 is 0 Å². The summed E-state index contributed by atoms with van der Waals surface area (Å²) in [6, 6.07) is 6.47. The van der Waals surface area contributed by atoms with Crippen molar-refractivity contribution in [1.82, 2.24) is 15.1 Å². The predicted octanol–water partition coefficient (Wildman–Crippen LogP) is 2.05. The lowest BCUT2D eigenvalue weighted by molar-refractivity contribution is 0.209. The van der Waals surface area contributed by atoms with E-state index >= 15 is 0 Å². The molecule has 1 N–H and O–H groups in total. The minimum Gasteiger partial charge on any atom is -0.489 e. The molecule has 2 rings (SSSR count). The number of nitrogens with zero attached hydrogens (tertiary/aromatic N) is 3. The van der Waals surface area contributed by atoms with Gasteiger partial charge in [0.1, 0.15) is 6.61 Å². The summed E-state index contributed by atoms with van der Waals surface area (Å²) in [6.07, 6.45) is 2.52. The smallest absolute Gasteiger partial charge is 0.193 e. The van der Waals surface area contributed by atoms with Crippen LogP contribution in [0.3, 0.4) is 0 Å². The number of guanidine groups is 1. The molecule has 1 atom stereocenters. The number of likely N-dealkylation sites (tertiary alicyclic amines) is 1. The van der Waals surface area contributed by atoms with E-state index in [-0.39, 0.29) is 5.82 Å². The van der Waals surface area contributed by atoms with Crippen molar-refractivity contribution < 1.29 is 9.13 Å². The van der Waals surface area contributed by atoms with Crippen LogP contribution in [0.4, 0.5) is 4.39 Å². The van der Waals surface area contributed by atoms with Crippen LogP contribution in [0.2, 0.25) is 0 Å². The maximum absolute atomic E-state index is 13.5. The van der Waals surface area contributed by atoms with Crippen molar-refractivity contribution in [3.63, 3.8) is 0 Å². The number of para-hydroxylation sites is 1. The van der Waals surface area contributed by atoms with Gasteiger partial charge in [0.2, 0.25) is 0 Å². The number of hydrogen-bond donors (Lipinski definition) is 1. The Balaban J connectivity index is 1.73. The quantitative estimate of drug-likeness (QED) is 0.638. The highest BCUT2D eigenvalue weighted by Gasteiger charge is 2.18. The predicted molar refractivity (Wildman–Crippen MR) is 96.1 cm³/mol. The van der Waals surface area contributed by atoms with Crippen LogP contribution in [0, 0.1) is 11.7 Å². The summed E-state index contributed by atoms with van der Waals surface area (Å²) in [7, 11) is 5.92. The number of piperidine rings is 1. The fourth-order valence-electron chi connectivity index (χ4n) is 3.02. The van der Waals surface area contributed by atoms with Crippen molar-refractivity contribution in [2.75, 3.05) is 53.9 Å². The van der Waals surface area contributed by atoms with Crippen molar-refractivity contribution in [1.29, 1.82) is 0 Å². The summed E-state index contributed by atoms with van der Waals surface area (Å²) in [5.41, 5.74) is 0. The number of halogens is 1. The molecule has 24 heavy (non-hydrogen) atoms. The number of nitrogens with one attached hydrogen (secondary N) is 1. The summed E-state index contributed by atoms with van der Waals surface area (Å²) in [6.45, 7) is 4.29. The van der Waals surface area contributed by atoms with Crippen LogP contribution in [0.5, 0.6) is 5.75 Å². The van der Waals surface area contributed by atoms with E-state index in [1.807, 2.05) is 11.9 Å². The first-order valence-corrected chi connectivity index (χ1v) is 8.57. The molecule has 134 valence electrons. The van der Waals surface area contributed by atoms with Crippen LogP contribution in [0.1, 0.15) is 12.8 Å². The molecule has 6 heteroatoms. The molecule has 0 spiro atoms. The third-order valence-electron chi connectivity index (χ3n) is 4.37. The van der Waals surface area contributed by atoms with Gasteiger partial charge in [-0.25, -0.2) is 4.39 Å². The molecule has 0 radical (unpaired) electrons. The molecule has 1 saturated heterocycles. The zero-order valence-electron chi connectivity index (χ0n) is 15.0. The van der Waals surface area contributed by atoms with E-state index in [1.165, 1.54) is 25.5 Å². The lowest BCUT2D eigenvalue weighted by Crippen LogP contribution is -2.45. The molecule has 1 fully saturated rings. The molecule has 1 unspecified atom stereocenters. The molecule has 1 aliphatic rings. The van der Waals surface area contributed by atoms with Crippen LogP contribution in [0.15, 0.2) is 29.3 Å². The van der Waals surface area contributed by atoms with Gasteiger partial charge < -0.3 is 19.9 Å². The summed E-state index contributed by atoms with van der Waals surface area (Å²) in [5.74, 6) is 1.46. The average Bonchev–Trinajstić information content (AvgIpc) is 2.57. The van der Waals surface area contributed by atoms with Gasteiger partial charge in [-0.05, 0) is 44.5 Å². The zero-order valence-corrected chi connectivity index (χ0v) is 15.0. The molecule has 1 aromatic carbocycles. The number of ether oxygens (including phenoxy) is 1. The van der Waals surface area contributed by atoms with Crippen molar-refractivity contribution >= 4 is 5.96 Å². The minimum atomic E-state index is -0.330. The molecule has 0 saturated carbocycles. The molecule has 1 aromatic rings. The Labute approximate surface area is 144 Å². The second kappa shape index (κ2) is 9.47. The van der Waals surface area contributed by atoms with Gasteiger partial charge in [-0.2, -0.15) is 0 Å². The Hall–Kier alpha value is -1.82. The number of likely N-dealkylation sites (N-methyl/N-ethyl adjacent to an activating group) is 1. The molecular weight excluding hydrogens is 307 g/mol. The van der Waals surface area contributed by atoms with Gasteiger partial charge in [-0.15, -0.1) is 0 Å². The van der Waals surface area contributed by atoms with Crippen LogP contribution >= 0.6 is 0 Å². The van der Waals surface area contributed by atoms with Gasteiger partial charge in [-0.1, -0.05) is 12.1 Å². The maximum Gasteiger partial charge on any atom is 0.193 e. The highest BCUT2D eigenvalue weighted by Crippen LogP contribution is 2.15. The first kappa shape index (κ1) is 18.5. The van der Waals surface area contributed by atoms with Crippen LogP contribution in [0.25, 0.3) is 0 Å². The molecular formula is C18H29FN4O. The Morgan fingerprint density at radius 3 is 2.96 bits per heavy atom. The summed E-state index contributed by atoms with van der Waals surface area (Å²) >= 11 is 0. The topological polar surface area (TPSA) is 40.1 Å². The number of aliphatic imine (C=N–C) groups is 1. The lowest BCUT2D eigenvalue weighted by atomic mass is 9.99. The van der Waals surface area contributed by atoms with E-state index in [9.17, 15) is 4.39 Å². The third-order valence-corrected chi connectivity index (χ3v) is 4.37. The van der Waals surface area contributed by atoms with E-state index in [1.54, 1.807) is 25.2 Å². The maximum atomic E-state index is 13.5. The van der Waals surface area contributed by atoms with Gasteiger partial charge in [0.25, 0.3) is 0 Å². The summed E-state index contributed by atoms with van der Waals surface area (Å²) < 4.78 is 19.0.